The average Bonchev–Trinajstić information content (AvgIpc) is 2.32. The van der Waals surface area contributed by atoms with Crippen molar-refractivity contribution in [2.45, 2.75) is 24.9 Å². The molecule has 1 aromatic rings. The van der Waals surface area contributed by atoms with Crippen LogP contribution in [-0.2, 0) is 6.18 Å². The van der Waals surface area contributed by atoms with Crippen molar-refractivity contribution in [3.8, 4) is 0 Å². The predicted molar refractivity (Wildman–Crippen MR) is 64.9 cm³/mol. The lowest BCUT2D eigenvalue weighted by molar-refractivity contribution is -0.141. The maximum Gasteiger partial charge on any atom is 0.433 e. The van der Waals surface area contributed by atoms with E-state index in [9.17, 15) is 13.2 Å². The van der Waals surface area contributed by atoms with Crippen LogP contribution in [0.25, 0.3) is 0 Å². The Morgan fingerprint density at radius 3 is 2.72 bits per heavy atom. The van der Waals surface area contributed by atoms with E-state index in [1.54, 1.807) is 6.07 Å². The van der Waals surface area contributed by atoms with Crippen molar-refractivity contribution in [1.29, 1.82) is 0 Å². The lowest BCUT2D eigenvalue weighted by atomic mass is 9.98. The third-order valence-electron chi connectivity index (χ3n) is 3.22. The minimum Gasteiger partial charge on any atom is -0.355 e. The monoisotopic (exact) mass is 278 g/mol. The molecule has 0 N–H and O–H groups in total. The summed E-state index contributed by atoms with van der Waals surface area (Å²) in [6.07, 6.45) is -3.54. The highest BCUT2D eigenvalue weighted by Crippen LogP contribution is 2.30. The highest BCUT2D eigenvalue weighted by atomic mass is 35.5. The number of piperidine rings is 1. The maximum absolute atomic E-state index is 12.6. The van der Waals surface area contributed by atoms with Gasteiger partial charge in [-0.25, -0.2) is 4.98 Å². The molecule has 0 amide bonds. The summed E-state index contributed by atoms with van der Waals surface area (Å²) in [6.45, 7) is 3.28. The number of hydrogen-bond donors (Lipinski definition) is 0. The molecule has 0 spiro atoms. The minimum absolute atomic E-state index is 0.0462. The number of alkyl halides is 4. The summed E-state index contributed by atoms with van der Waals surface area (Å²) in [7, 11) is 0. The van der Waals surface area contributed by atoms with Gasteiger partial charge < -0.3 is 4.90 Å². The first-order chi connectivity index (χ1) is 8.38. The van der Waals surface area contributed by atoms with Crippen LogP contribution in [0.5, 0.6) is 0 Å². The molecular weight excluding hydrogens is 265 g/mol. The molecule has 0 aromatic carbocycles. The molecule has 1 fully saturated rings. The topological polar surface area (TPSA) is 16.1 Å². The Balaban J connectivity index is 2.19. The zero-order valence-corrected chi connectivity index (χ0v) is 10.7. The molecule has 0 aliphatic carbocycles. The smallest absolute Gasteiger partial charge is 0.355 e. The van der Waals surface area contributed by atoms with Crippen LogP contribution in [0.3, 0.4) is 0 Å². The van der Waals surface area contributed by atoms with E-state index in [1.807, 2.05) is 4.90 Å². The van der Waals surface area contributed by atoms with Gasteiger partial charge in [0.2, 0.25) is 0 Å². The van der Waals surface area contributed by atoms with E-state index in [0.29, 0.717) is 24.8 Å². The van der Waals surface area contributed by atoms with Crippen molar-refractivity contribution in [1.82, 2.24) is 4.98 Å². The fourth-order valence-corrected chi connectivity index (χ4v) is 2.28. The van der Waals surface area contributed by atoms with Crippen LogP contribution >= 0.6 is 11.6 Å². The van der Waals surface area contributed by atoms with Crippen molar-refractivity contribution < 1.29 is 13.2 Å². The van der Waals surface area contributed by atoms with Crippen molar-refractivity contribution in [3.63, 3.8) is 0 Å². The van der Waals surface area contributed by atoms with E-state index in [4.69, 9.17) is 11.6 Å². The van der Waals surface area contributed by atoms with Gasteiger partial charge in [0.05, 0.1) is 5.38 Å². The summed E-state index contributed by atoms with van der Waals surface area (Å²) in [5, 5.41) is -0.0462. The second-order valence-corrected chi connectivity index (χ2v) is 5.17. The molecule has 18 heavy (non-hydrogen) atoms. The van der Waals surface area contributed by atoms with Crippen LogP contribution in [0.1, 0.15) is 19.0 Å². The molecule has 0 saturated carbocycles. The fraction of sp³-hybridized carbons (Fsp3) is 0.583. The SMILES string of the molecule is CC1CCN(c2cccc(C(F)(F)F)n2)CC1Cl. The molecule has 2 heterocycles. The highest BCUT2D eigenvalue weighted by molar-refractivity contribution is 6.21. The zero-order chi connectivity index (χ0) is 13.3. The van der Waals surface area contributed by atoms with Crippen LogP contribution in [0.2, 0.25) is 0 Å². The third-order valence-corrected chi connectivity index (χ3v) is 3.78. The standard InChI is InChI=1S/C12H14ClF3N2/c1-8-5-6-18(7-9(8)13)11-4-2-3-10(17-11)12(14,15)16/h2-4,8-9H,5-7H2,1H3. The van der Waals surface area contributed by atoms with E-state index in [-0.39, 0.29) is 5.38 Å². The number of anilines is 1. The molecule has 6 heteroatoms. The summed E-state index contributed by atoms with van der Waals surface area (Å²) < 4.78 is 37.7. The minimum atomic E-state index is -4.40. The highest BCUT2D eigenvalue weighted by Gasteiger charge is 2.33. The molecule has 1 aliphatic heterocycles. The molecular formula is C12H14ClF3N2. The van der Waals surface area contributed by atoms with Gasteiger partial charge in [-0.15, -0.1) is 11.6 Å². The Kier molecular flexibility index (Phi) is 3.71. The van der Waals surface area contributed by atoms with E-state index >= 15 is 0 Å². The Morgan fingerprint density at radius 2 is 2.11 bits per heavy atom. The van der Waals surface area contributed by atoms with Gasteiger partial charge in [0, 0.05) is 13.1 Å². The largest absolute Gasteiger partial charge is 0.433 e. The number of rotatable bonds is 1. The van der Waals surface area contributed by atoms with E-state index in [1.165, 1.54) is 6.07 Å². The van der Waals surface area contributed by atoms with Gasteiger partial charge in [-0.05, 0) is 24.5 Å². The van der Waals surface area contributed by atoms with Gasteiger partial charge in [0.1, 0.15) is 11.5 Å². The molecule has 2 rings (SSSR count). The van der Waals surface area contributed by atoms with E-state index < -0.39 is 11.9 Å². The second-order valence-electron chi connectivity index (χ2n) is 4.61. The van der Waals surface area contributed by atoms with Crippen molar-refractivity contribution in [2.24, 2.45) is 5.92 Å². The molecule has 0 bridgehead atoms. The third kappa shape index (κ3) is 2.88. The zero-order valence-electron chi connectivity index (χ0n) is 9.91. The van der Waals surface area contributed by atoms with Crippen LogP contribution in [0.4, 0.5) is 19.0 Å². The lowest BCUT2D eigenvalue weighted by Gasteiger charge is -2.34. The summed E-state index contributed by atoms with van der Waals surface area (Å²) in [5.74, 6) is 0.732. The quantitative estimate of drug-likeness (QED) is 0.730. The first kappa shape index (κ1) is 13.5. The van der Waals surface area contributed by atoms with Crippen LogP contribution < -0.4 is 4.90 Å². The molecule has 1 saturated heterocycles. The summed E-state index contributed by atoms with van der Waals surface area (Å²) in [5.41, 5.74) is -0.857. The molecule has 100 valence electrons. The average molecular weight is 279 g/mol. The number of halogens is 4. The maximum atomic E-state index is 12.6. The number of hydrogen-bond acceptors (Lipinski definition) is 2. The van der Waals surface area contributed by atoms with Crippen LogP contribution in [0, 0.1) is 5.92 Å². The number of aromatic nitrogens is 1. The van der Waals surface area contributed by atoms with Gasteiger partial charge in [0.15, 0.2) is 0 Å². The summed E-state index contributed by atoms with van der Waals surface area (Å²) in [6, 6.07) is 3.95. The molecule has 2 unspecified atom stereocenters. The van der Waals surface area contributed by atoms with E-state index in [0.717, 1.165) is 12.5 Å². The predicted octanol–water partition coefficient (Wildman–Crippen LogP) is 3.55. The Hall–Kier alpha value is -0.970. The molecule has 2 nitrogen and oxygen atoms in total. The lowest BCUT2D eigenvalue weighted by Crippen LogP contribution is -2.41. The van der Waals surface area contributed by atoms with Crippen molar-refractivity contribution in [2.75, 3.05) is 18.0 Å². The van der Waals surface area contributed by atoms with Gasteiger partial charge in [-0.1, -0.05) is 13.0 Å². The molecule has 1 aromatic heterocycles. The van der Waals surface area contributed by atoms with E-state index in [2.05, 4.69) is 11.9 Å². The van der Waals surface area contributed by atoms with Gasteiger partial charge >= 0.3 is 6.18 Å². The Morgan fingerprint density at radius 1 is 1.39 bits per heavy atom. The number of nitrogens with zero attached hydrogens (tertiary/aromatic N) is 2. The van der Waals surface area contributed by atoms with Gasteiger partial charge in [-0.2, -0.15) is 13.2 Å². The van der Waals surface area contributed by atoms with Gasteiger partial charge in [-0.3, -0.25) is 0 Å². The molecule has 2 atom stereocenters. The summed E-state index contributed by atoms with van der Waals surface area (Å²) >= 11 is 6.15. The van der Waals surface area contributed by atoms with Crippen LogP contribution in [-0.4, -0.2) is 23.5 Å². The summed E-state index contributed by atoms with van der Waals surface area (Å²) in [4.78, 5) is 5.48. The van der Waals surface area contributed by atoms with Crippen LogP contribution in [0.15, 0.2) is 18.2 Å². The fourth-order valence-electron chi connectivity index (χ4n) is 1.99. The molecule has 0 radical (unpaired) electrons. The van der Waals surface area contributed by atoms with Crippen molar-refractivity contribution in [3.05, 3.63) is 23.9 Å². The Bertz CT molecular complexity index is 422. The normalized spacial score (nSPS) is 25.3. The van der Waals surface area contributed by atoms with Crippen molar-refractivity contribution >= 4 is 17.4 Å². The molecule has 1 aliphatic rings. The van der Waals surface area contributed by atoms with Gasteiger partial charge in [0.25, 0.3) is 0 Å². The first-order valence-electron chi connectivity index (χ1n) is 5.81. The second kappa shape index (κ2) is 4.96. The Labute approximate surface area is 109 Å². The first-order valence-corrected chi connectivity index (χ1v) is 6.25. The number of pyridine rings is 1.